The summed E-state index contributed by atoms with van der Waals surface area (Å²) < 4.78 is 5.29. The highest BCUT2D eigenvalue weighted by molar-refractivity contribution is 5.83. The van der Waals surface area contributed by atoms with E-state index in [1.54, 1.807) is 19.1 Å². The van der Waals surface area contributed by atoms with Gasteiger partial charge in [0.2, 0.25) is 0 Å². The molecule has 1 aliphatic rings. The van der Waals surface area contributed by atoms with Crippen LogP contribution in [0.3, 0.4) is 0 Å². The largest absolute Gasteiger partial charge is 0.480 e. The molecule has 1 aliphatic heterocycles. The van der Waals surface area contributed by atoms with Gasteiger partial charge in [-0.25, -0.2) is 9.59 Å². The van der Waals surface area contributed by atoms with Gasteiger partial charge >= 0.3 is 12.0 Å². The van der Waals surface area contributed by atoms with Crippen LogP contribution in [0.5, 0.6) is 0 Å². The average molecular weight is 268 g/mol. The number of carbonyl (C=O) groups is 2. The summed E-state index contributed by atoms with van der Waals surface area (Å²) in [6.07, 6.45) is -0.736. The van der Waals surface area contributed by atoms with Gasteiger partial charge in [-0.1, -0.05) is 0 Å². The topological polar surface area (TPSA) is 103 Å². The van der Waals surface area contributed by atoms with Gasteiger partial charge in [0.05, 0.1) is 12.6 Å². The van der Waals surface area contributed by atoms with E-state index >= 15 is 0 Å². The zero-order chi connectivity index (χ0) is 14.0. The smallest absolute Gasteiger partial charge is 0.326 e. The third-order valence-electron chi connectivity index (χ3n) is 3.03. The summed E-state index contributed by atoms with van der Waals surface area (Å²) in [5.74, 6) is 0.224. The normalized spacial score (nSPS) is 22.5. The molecule has 2 rings (SSSR count). The molecule has 1 fully saturated rings. The van der Waals surface area contributed by atoms with E-state index in [-0.39, 0.29) is 19.5 Å². The number of aliphatic carboxylic acids is 1. The van der Waals surface area contributed by atoms with Crippen LogP contribution < -0.4 is 5.32 Å². The molecule has 0 spiro atoms. The van der Waals surface area contributed by atoms with Crippen molar-refractivity contribution >= 4 is 12.0 Å². The quantitative estimate of drug-likeness (QED) is 0.732. The predicted molar refractivity (Wildman–Crippen MR) is 64.4 cm³/mol. The van der Waals surface area contributed by atoms with E-state index in [0.717, 1.165) is 10.7 Å². The number of hydrogen-bond acceptors (Lipinski definition) is 4. The summed E-state index contributed by atoms with van der Waals surface area (Å²) >= 11 is 0. The molecule has 0 radical (unpaired) electrons. The molecule has 0 unspecified atom stereocenters. The van der Waals surface area contributed by atoms with Crippen molar-refractivity contribution in [2.45, 2.75) is 32.0 Å². The van der Waals surface area contributed by atoms with E-state index in [4.69, 9.17) is 9.52 Å². The van der Waals surface area contributed by atoms with Gasteiger partial charge in [-0.2, -0.15) is 0 Å². The molecule has 104 valence electrons. The van der Waals surface area contributed by atoms with Gasteiger partial charge in [0.1, 0.15) is 17.6 Å². The van der Waals surface area contributed by atoms with Gasteiger partial charge in [0.15, 0.2) is 0 Å². The van der Waals surface area contributed by atoms with Crippen molar-refractivity contribution < 1.29 is 24.2 Å². The molecule has 3 N–H and O–H groups in total. The van der Waals surface area contributed by atoms with Crippen LogP contribution in [-0.4, -0.2) is 45.8 Å². The summed E-state index contributed by atoms with van der Waals surface area (Å²) in [6.45, 7) is 2.01. The average Bonchev–Trinajstić information content (AvgIpc) is 2.92. The zero-order valence-electron chi connectivity index (χ0n) is 10.5. The number of urea groups is 1. The van der Waals surface area contributed by atoms with Crippen molar-refractivity contribution in [3.8, 4) is 0 Å². The molecule has 2 atom stereocenters. The summed E-state index contributed by atoms with van der Waals surface area (Å²) in [6, 6.07) is 2.02. The lowest BCUT2D eigenvalue weighted by Crippen LogP contribution is -2.45. The first-order chi connectivity index (χ1) is 8.97. The standard InChI is InChI=1S/C12H16N2O5/c1-7-2-3-9(19-7)5-13-12(18)14-6-8(15)4-10(14)11(16)17/h2-3,8,10,15H,4-6H2,1H3,(H,13,18)(H,16,17)/t8-,10-/m0/s1. The Balaban J connectivity index is 1.93. The predicted octanol–water partition coefficient (Wildman–Crippen LogP) is 0.317. The van der Waals surface area contributed by atoms with Gasteiger partial charge in [-0.3, -0.25) is 0 Å². The maximum Gasteiger partial charge on any atom is 0.326 e. The lowest BCUT2D eigenvalue weighted by atomic mass is 10.2. The second-order valence-electron chi connectivity index (χ2n) is 4.57. The maximum atomic E-state index is 11.9. The number of likely N-dealkylation sites (tertiary alicyclic amines) is 1. The Morgan fingerprint density at radius 1 is 1.53 bits per heavy atom. The lowest BCUT2D eigenvalue weighted by molar-refractivity contribution is -0.141. The fraction of sp³-hybridized carbons (Fsp3) is 0.500. The molecule has 0 aromatic carbocycles. The summed E-state index contributed by atoms with van der Waals surface area (Å²) in [5.41, 5.74) is 0. The fourth-order valence-corrected chi connectivity index (χ4v) is 2.12. The maximum absolute atomic E-state index is 11.9. The molecule has 0 bridgehead atoms. The second-order valence-corrected chi connectivity index (χ2v) is 4.57. The van der Waals surface area contributed by atoms with Crippen molar-refractivity contribution in [1.82, 2.24) is 10.2 Å². The molecule has 1 saturated heterocycles. The van der Waals surface area contributed by atoms with Gasteiger partial charge in [-0.05, 0) is 19.1 Å². The second kappa shape index (κ2) is 5.31. The molecule has 1 aromatic heterocycles. The number of furan rings is 1. The third kappa shape index (κ3) is 3.05. The zero-order valence-corrected chi connectivity index (χ0v) is 10.5. The molecular formula is C12H16N2O5. The fourth-order valence-electron chi connectivity index (χ4n) is 2.12. The highest BCUT2D eigenvalue weighted by Crippen LogP contribution is 2.18. The first-order valence-electron chi connectivity index (χ1n) is 5.98. The summed E-state index contributed by atoms with van der Waals surface area (Å²) in [5, 5.41) is 21.0. The van der Waals surface area contributed by atoms with Crippen molar-refractivity contribution in [2.24, 2.45) is 0 Å². The van der Waals surface area contributed by atoms with Crippen LogP contribution in [0.15, 0.2) is 16.5 Å². The van der Waals surface area contributed by atoms with Gasteiger partial charge < -0.3 is 24.8 Å². The monoisotopic (exact) mass is 268 g/mol. The van der Waals surface area contributed by atoms with E-state index in [9.17, 15) is 14.7 Å². The minimum Gasteiger partial charge on any atom is -0.480 e. The van der Waals surface area contributed by atoms with E-state index < -0.39 is 24.1 Å². The van der Waals surface area contributed by atoms with Crippen LogP contribution in [0.4, 0.5) is 4.79 Å². The van der Waals surface area contributed by atoms with E-state index in [1.165, 1.54) is 0 Å². The Hall–Kier alpha value is -2.02. The number of β-amino-alcohol motifs (C(OH)–C–C–N with tert-alkyl or cyclic N) is 1. The van der Waals surface area contributed by atoms with Gasteiger partial charge in [-0.15, -0.1) is 0 Å². The van der Waals surface area contributed by atoms with Crippen molar-refractivity contribution in [1.29, 1.82) is 0 Å². The molecule has 1 aromatic rings. The number of carboxylic acid groups (broad SMARTS) is 1. The third-order valence-corrected chi connectivity index (χ3v) is 3.03. The molecule has 19 heavy (non-hydrogen) atoms. The molecule has 7 heteroatoms. The number of amides is 2. The Morgan fingerprint density at radius 3 is 2.84 bits per heavy atom. The molecule has 7 nitrogen and oxygen atoms in total. The number of aliphatic hydroxyl groups excluding tert-OH is 1. The van der Waals surface area contributed by atoms with Crippen molar-refractivity contribution in [3.63, 3.8) is 0 Å². The molecule has 2 amide bonds. The Morgan fingerprint density at radius 2 is 2.26 bits per heavy atom. The number of nitrogens with one attached hydrogen (secondary N) is 1. The van der Waals surface area contributed by atoms with E-state index in [0.29, 0.717) is 5.76 Å². The molecule has 2 heterocycles. The van der Waals surface area contributed by atoms with Crippen molar-refractivity contribution in [3.05, 3.63) is 23.7 Å². The van der Waals surface area contributed by atoms with Crippen LogP contribution in [0, 0.1) is 6.92 Å². The van der Waals surface area contributed by atoms with E-state index in [2.05, 4.69) is 5.32 Å². The number of nitrogens with zero attached hydrogens (tertiary/aromatic N) is 1. The Kier molecular flexibility index (Phi) is 3.75. The molecular weight excluding hydrogens is 252 g/mol. The SMILES string of the molecule is Cc1ccc(CNC(=O)N2C[C@@H](O)C[C@H]2C(=O)O)o1. The lowest BCUT2D eigenvalue weighted by Gasteiger charge is -2.21. The minimum atomic E-state index is -1.11. The van der Waals surface area contributed by atoms with E-state index in [1.807, 2.05) is 0 Å². The first kappa shape index (κ1) is 13.4. The van der Waals surface area contributed by atoms with Crippen LogP contribution in [0.1, 0.15) is 17.9 Å². The summed E-state index contributed by atoms with van der Waals surface area (Å²) in [4.78, 5) is 24.0. The number of carbonyl (C=O) groups excluding carboxylic acids is 1. The highest BCUT2D eigenvalue weighted by atomic mass is 16.4. The van der Waals surface area contributed by atoms with Crippen LogP contribution in [0.2, 0.25) is 0 Å². The first-order valence-corrected chi connectivity index (χ1v) is 5.98. The minimum absolute atomic E-state index is 0.0278. The number of hydrogen-bond donors (Lipinski definition) is 3. The summed E-state index contributed by atoms with van der Waals surface area (Å²) in [7, 11) is 0. The Labute approximate surface area is 109 Å². The number of aliphatic hydroxyl groups is 1. The van der Waals surface area contributed by atoms with Crippen LogP contribution >= 0.6 is 0 Å². The van der Waals surface area contributed by atoms with Crippen LogP contribution in [-0.2, 0) is 11.3 Å². The van der Waals surface area contributed by atoms with Gasteiger partial charge in [0, 0.05) is 13.0 Å². The number of carboxylic acids is 1. The number of aryl methyl sites for hydroxylation is 1. The molecule has 0 saturated carbocycles. The molecule has 0 aliphatic carbocycles. The van der Waals surface area contributed by atoms with Crippen molar-refractivity contribution in [2.75, 3.05) is 6.54 Å². The van der Waals surface area contributed by atoms with Gasteiger partial charge in [0.25, 0.3) is 0 Å². The highest BCUT2D eigenvalue weighted by Gasteiger charge is 2.38. The number of rotatable bonds is 3. The van der Waals surface area contributed by atoms with Crippen LogP contribution in [0.25, 0.3) is 0 Å². The Bertz CT molecular complexity index is 484.